The van der Waals surface area contributed by atoms with Crippen molar-refractivity contribution in [2.75, 3.05) is 0 Å². The summed E-state index contributed by atoms with van der Waals surface area (Å²) >= 11 is 0. The highest BCUT2D eigenvalue weighted by atomic mass is 19.1. The maximum atomic E-state index is 14.0. The van der Waals surface area contributed by atoms with Crippen LogP contribution in [0.3, 0.4) is 0 Å². The average Bonchev–Trinajstić information content (AvgIpc) is 2.75. The van der Waals surface area contributed by atoms with E-state index in [4.69, 9.17) is 0 Å². The average molecular weight is 270 g/mol. The number of hydrogen-bond donors (Lipinski definition) is 0. The van der Waals surface area contributed by atoms with E-state index in [0.717, 1.165) is 31.2 Å². The molecule has 1 nitrogen and oxygen atoms in total. The lowest BCUT2D eigenvalue weighted by molar-refractivity contribution is -0.126. The highest BCUT2D eigenvalue weighted by Gasteiger charge is 2.52. The standard InChI is InChI=1S/C18H19FO/c1-18-10-9-12-11-3-2-4-16(19)14(11)6-5-13(12)15(18)7-8-17(18)20/h2-4,7-8,12-13,15H,5-6,9-10H2,1H3. The molecule has 1 aromatic carbocycles. The topological polar surface area (TPSA) is 17.1 Å². The number of hydrogen-bond acceptors (Lipinski definition) is 1. The highest BCUT2D eigenvalue weighted by molar-refractivity contribution is 5.97. The normalized spacial score (nSPS) is 38.3. The molecule has 3 aliphatic carbocycles. The van der Waals surface area contributed by atoms with Crippen molar-refractivity contribution in [3.63, 3.8) is 0 Å². The molecule has 1 saturated carbocycles. The summed E-state index contributed by atoms with van der Waals surface area (Å²) in [4.78, 5) is 12.2. The quantitative estimate of drug-likeness (QED) is 0.695. The molecular weight excluding hydrogens is 251 g/mol. The van der Waals surface area contributed by atoms with Gasteiger partial charge in [-0.3, -0.25) is 4.79 Å². The van der Waals surface area contributed by atoms with E-state index in [1.807, 2.05) is 6.07 Å². The summed E-state index contributed by atoms with van der Waals surface area (Å²) in [6, 6.07) is 5.50. The van der Waals surface area contributed by atoms with E-state index >= 15 is 0 Å². The highest BCUT2D eigenvalue weighted by Crippen LogP contribution is 2.57. The van der Waals surface area contributed by atoms with Gasteiger partial charge in [0.1, 0.15) is 5.82 Å². The smallest absolute Gasteiger partial charge is 0.161 e. The van der Waals surface area contributed by atoms with Crippen molar-refractivity contribution in [2.45, 2.75) is 38.5 Å². The van der Waals surface area contributed by atoms with Gasteiger partial charge in [-0.25, -0.2) is 4.39 Å². The van der Waals surface area contributed by atoms with E-state index in [-0.39, 0.29) is 11.2 Å². The molecule has 3 aliphatic rings. The second-order valence-electron chi connectivity index (χ2n) is 6.82. The van der Waals surface area contributed by atoms with E-state index in [2.05, 4.69) is 19.1 Å². The fourth-order valence-electron chi connectivity index (χ4n) is 4.85. The Balaban J connectivity index is 1.77. The minimum absolute atomic E-state index is 0.0488. The van der Waals surface area contributed by atoms with Gasteiger partial charge in [0.2, 0.25) is 0 Å². The van der Waals surface area contributed by atoms with Crippen molar-refractivity contribution in [2.24, 2.45) is 17.3 Å². The third-order valence-corrected chi connectivity index (χ3v) is 5.99. The van der Waals surface area contributed by atoms with Crippen LogP contribution in [0.15, 0.2) is 30.4 Å². The fraction of sp³-hybridized carbons (Fsp3) is 0.500. The number of carbonyl (C=O) groups excluding carboxylic acids is 1. The lowest BCUT2D eigenvalue weighted by atomic mass is 9.55. The minimum atomic E-state index is -0.188. The van der Waals surface area contributed by atoms with Crippen molar-refractivity contribution in [1.82, 2.24) is 0 Å². The molecule has 4 atom stereocenters. The largest absolute Gasteiger partial charge is 0.294 e. The summed E-state index contributed by atoms with van der Waals surface area (Å²) in [5.41, 5.74) is 1.94. The monoisotopic (exact) mass is 270 g/mol. The van der Waals surface area contributed by atoms with Crippen molar-refractivity contribution in [3.05, 3.63) is 47.3 Å². The molecule has 20 heavy (non-hydrogen) atoms. The molecule has 0 aliphatic heterocycles. The van der Waals surface area contributed by atoms with E-state index in [9.17, 15) is 9.18 Å². The van der Waals surface area contributed by atoms with Crippen LogP contribution >= 0.6 is 0 Å². The Kier molecular flexibility index (Phi) is 2.48. The first-order valence-corrected chi connectivity index (χ1v) is 7.61. The van der Waals surface area contributed by atoms with Crippen molar-refractivity contribution < 1.29 is 9.18 Å². The van der Waals surface area contributed by atoms with Gasteiger partial charge in [0.25, 0.3) is 0 Å². The van der Waals surface area contributed by atoms with Crippen molar-refractivity contribution in [1.29, 1.82) is 0 Å². The summed E-state index contributed by atoms with van der Waals surface area (Å²) < 4.78 is 14.0. The van der Waals surface area contributed by atoms with Crippen LogP contribution in [0.5, 0.6) is 0 Å². The first kappa shape index (κ1) is 12.3. The molecule has 0 amide bonds. The van der Waals surface area contributed by atoms with E-state index in [0.29, 0.717) is 23.5 Å². The van der Waals surface area contributed by atoms with Crippen LogP contribution in [0, 0.1) is 23.1 Å². The van der Waals surface area contributed by atoms with E-state index in [1.54, 1.807) is 12.1 Å². The SMILES string of the molecule is CC12CCC3c4cccc(F)c4CCC3C1C=CC2=O. The Morgan fingerprint density at radius 1 is 1.30 bits per heavy atom. The van der Waals surface area contributed by atoms with Crippen LogP contribution in [-0.4, -0.2) is 5.78 Å². The Hall–Kier alpha value is -1.44. The maximum Gasteiger partial charge on any atom is 0.161 e. The molecule has 0 N–H and O–H groups in total. The lowest BCUT2D eigenvalue weighted by Crippen LogP contribution is -2.43. The molecule has 1 fully saturated rings. The van der Waals surface area contributed by atoms with Gasteiger partial charge >= 0.3 is 0 Å². The third kappa shape index (κ3) is 1.45. The van der Waals surface area contributed by atoms with Crippen LogP contribution in [0.1, 0.15) is 43.2 Å². The van der Waals surface area contributed by atoms with Gasteiger partial charge < -0.3 is 0 Å². The predicted octanol–water partition coefficient (Wildman–Crippen LogP) is 4.03. The second kappa shape index (κ2) is 4.03. The van der Waals surface area contributed by atoms with Gasteiger partial charge in [-0.2, -0.15) is 0 Å². The zero-order valence-corrected chi connectivity index (χ0v) is 11.7. The van der Waals surface area contributed by atoms with Crippen LogP contribution in [0.25, 0.3) is 0 Å². The van der Waals surface area contributed by atoms with Crippen molar-refractivity contribution in [3.8, 4) is 0 Å². The zero-order valence-electron chi connectivity index (χ0n) is 11.7. The molecule has 0 aromatic heterocycles. The van der Waals surface area contributed by atoms with Gasteiger partial charge in [-0.1, -0.05) is 25.1 Å². The third-order valence-electron chi connectivity index (χ3n) is 5.99. The van der Waals surface area contributed by atoms with Crippen LogP contribution in [0.4, 0.5) is 4.39 Å². The number of allylic oxidation sites excluding steroid dienone is 2. The summed E-state index contributed by atoms with van der Waals surface area (Å²) in [6.45, 7) is 2.12. The first-order valence-electron chi connectivity index (χ1n) is 7.61. The van der Waals surface area contributed by atoms with Crippen LogP contribution in [0.2, 0.25) is 0 Å². The Labute approximate surface area is 118 Å². The van der Waals surface area contributed by atoms with Gasteiger partial charge in [-0.15, -0.1) is 0 Å². The van der Waals surface area contributed by atoms with Crippen molar-refractivity contribution >= 4 is 5.78 Å². The molecule has 104 valence electrons. The Morgan fingerprint density at radius 2 is 2.15 bits per heavy atom. The predicted molar refractivity (Wildman–Crippen MR) is 75.9 cm³/mol. The number of benzene rings is 1. The molecule has 0 radical (unpaired) electrons. The van der Waals surface area contributed by atoms with Crippen LogP contribution < -0.4 is 0 Å². The minimum Gasteiger partial charge on any atom is -0.294 e. The molecule has 2 heteroatoms. The number of fused-ring (bicyclic) bond motifs is 5. The van der Waals surface area contributed by atoms with Crippen LogP contribution in [-0.2, 0) is 11.2 Å². The Bertz CT molecular complexity index is 618. The van der Waals surface area contributed by atoms with Gasteiger partial charge in [0, 0.05) is 5.41 Å². The molecule has 4 unspecified atom stereocenters. The van der Waals surface area contributed by atoms with E-state index < -0.39 is 0 Å². The summed E-state index contributed by atoms with van der Waals surface area (Å²) in [5, 5.41) is 0. The molecule has 0 spiro atoms. The number of rotatable bonds is 0. The summed E-state index contributed by atoms with van der Waals surface area (Å²) in [7, 11) is 0. The van der Waals surface area contributed by atoms with E-state index in [1.165, 1.54) is 5.56 Å². The molecular formula is C18H19FO. The van der Waals surface area contributed by atoms with Gasteiger partial charge in [0.15, 0.2) is 5.78 Å². The fourth-order valence-corrected chi connectivity index (χ4v) is 4.85. The maximum absolute atomic E-state index is 14.0. The number of ketones is 1. The zero-order chi connectivity index (χ0) is 13.9. The molecule has 4 rings (SSSR count). The first-order chi connectivity index (χ1) is 9.61. The van der Waals surface area contributed by atoms with Gasteiger partial charge in [0.05, 0.1) is 0 Å². The Morgan fingerprint density at radius 3 is 3.00 bits per heavy atom. The van der Waals surface area contributed by atoms with Gasteiger partial charge in [-0.05, 0) is 66.7 Å². The molecule has 0 saturated heterocycles. The molecule has 0 bridgehead atoms. The lowest BCUT2D eigenvalue weighted by Gasteiger charge is -2.48. The summed E-state index contributed by atoms with van der Waals surface area (Å²) in [5.74, 6) is 1.54. The number of halogens is 1. The molecule has 0 heterocycles. The second-order valence-corrected chi connectivity index (χ2v) is 6.82. The summed E-state index contributed by atoms with van der Waals surface area (Å²) in [6.07, 6.45) is 7.69. The number of carbonyl (C=O) groups is 1. The molecule has 1 aromatic rings.